The Labute approximate surface area is 192 Å². The number of thiophene rings is 1. The third-order valence-electron chi connectivity index (χ3n) is 5.36. The van der Waals surface area contributed by atoms with Gasteiger partial charge in [-0.05, 0) is 49.6 Å². The van der Waals surface area contributed by atoms with Gasteiger partial charge in [-0.2, -0.15) is 0 Å². The third kappa shape index (κ3) is 4.07. The predicted molar refractivity (Wildman–Crippen MR) is 131 cm³/mol. The maximum atomic E-state index is 13.5. The van der Waals surface area contributed by atoms with Gasteiger partial charge in [0, 0.05) is 20.6 Å². The number of rotatable bonds is 5. The lowest BCUT2D eigenvalue weighted by Gasteiger charge is -2.16. The van der Waals surface area contributed by atoms with Gasteiger partial charge in [0.2, 0.25) is 5.91 Å². The molecule has 2 aromatic carbocycles. The van der Waals surface area contributed by atoms with E-state index in [9.17, 15) is 9.59 Å². The predicted octanol–water partition coefficient (Wildman–Crippen LogP) is 5.96. The van der Waals surface area contributed by atoms with E-state index in [1.807, 2.05) is 55.5 Å². The third-order valence-corrected chi connectivity index (χ3v) is 7.13. The summed E-state index contributed by atoms with van der Waals surface area (Å²) in [6.07, 6.45) is 2.28. The molecule has 0 saturated carbocycles. The molecule has 0 spiro atoms. The Morgan fingerprint density at radius 2 is 1.90 bits per heavy atom. The number of nitrogens with one attached hydrogen (secondary N) is 1. The Morgan fingerprint density at radius 1 is 1.19 bits per heavy atom. The van der Waals surface area contributed by atoms with Crippen LogP contribution in [0, 0.1) is 6.92 Å². The number of carbonyl (C=O) groups excluding carboxylic acids is 1. The monoisotopic (exact) mass is 495 g/mol. The van der Waals surface area contributed by atoms with Gasteiger partial charge in [0.1, 0.15) is 10.9 Å². The van der Waals surface area contributed by atoms with E-state index in [0.717, 1.165) is 38.1 Å². The molecular weight excluding hydrogens is 474 g/mol. The average molecular weight is 496 g/mol. The number of hydrogen-bond donors (Lipinski definition) is 1. The number of halogens is 1. The molecule has 0 aliphatic carbocycles. The van der Waals surface area contributed by atoms with Crippen molar-refractivity contribution in [3.63, 3.8) is 0 Å². The molecule has 1 N–H and O–H groups in total. The summed E-state index contributed by atoms with van der Waals surface area (Å²) in [5, 5.41) is 3.50. The van der Waals surface area contributed by atoms with Crippen LogP contribution in [-0.4, -0.2) is 15.5 Å². The van der Waals surface area contributed by atoms with E-state index in [2.05, 4.69) is 33.2 Å². The first kappa shape index (κ1) is 21.5. The van der Waals surface area contributed by atoms with Crippen molar-refractivity contribution < 1.29 is 4.79 Å². The summed E-state index contributed by atoms with van der Waals surface area (Å²) in [5.41, 5.74) is 3.38. The highest BCUT2D eigenvalue weighted by atomic mass is 79.9. The largest absolute Gasteiger partial charge is 0.324 e. The van der Waals surface area contributed by atoms with Crippen molar-refractivity contribution >= 4 is 49.1 Å². The molecule has 7 heteroatoms. The highest BCUT2D eigenvalue weighted by Gasteiger charge is 2.22. The van der Waals surface area contributed by atoms with Gasteiger partial charge in [-0.25, -0.2) is 4.98 Å². The van der Waals surface area contributed by atoms with E-state index >= 15 is 0 Å². The zero-order valence-electron chi connectivity index (χ0n) is 17.5. The Hall–Kier alpha value is -2.77. The van der Waals surface area contributed by atoms with Crippen LogP contribution in [0.3, 0.4) is 0 Å². The van der Waals surface area contributed by atoms with Crippen molar-refractivity contribution in [2.45, 2.75) is 33.2 Å². The number of aromatic nitrogens is 2. The molecule has 0 fully saturated rings. The second kappa shape index (κ2) is 8.77. The van der Waals surface area contributed by atoms with E-state index in [1.54, 1.807) is 6.92 Å². The fourth-order valence-corrected chi connectivity index (χ4v) is 4.93. The number of carbonyl (C=O) groups is 1. The summed E-state index contributed by atoms with van der Waals surface area (Å²) in [7, 11) is 0. The second-order valence-electron chi connectivity index (χ2n) is 7.38. The van der Waals surface area contributed by atoms with Gasteiger partial charge in [-0.15, -0.1) is 11.3 Å². The Morgan fingerprint density at radius 3 is 2.58 bits per heavy atom. The Kier molecular flexibility index (Phi) is 6.07. The summed E-state index contributed by atoms with van der Waals surface area (Å²) >= 11 is 5.00. The number of benzene rings is 2. The van der Waals surface area contributed by atoms with Crippen molar-refractivity contribution in [3.05, 3.63) is 80.1 Å². The molecule has 2 aromatic heterocycles. The molecule has 158 valence electrons. The smallest absolute Gasteiger partial charge is 0.263 e. The lowest BCUT2D eigenvalue weighted by Crippen LogP contribution is -2.31. The molecule has 0 radical (unpaired) electrons. The SMILES string of the molecule is CCc1sc2ncn(C(C)C(=O)Nc3ccccc3C)c(=O)c2c1-c1ccc(Br)cc1. The molecule has 1 amide bonds. The summed E-state index contributed by atoms with van der Waals surface area (Å²) < 4.78 is 2.40. The highest BCUT2D eigenvalue weighted by molar-refractivity contribution is 9.10. The molecule has 0 aliphatic rings. The van der Waals surface area contributed by atoms with Crippen LogP contribution in [0.1, 0.15) is 30.3 Å². The van der Waals surface area contributed by atoms with Crippen LogP contribution >= 0.6 is 27.3 Å². The van der Waals surface area contributed by atoms with Crippen LogP contribution < -0.4 is 10.9 Å². The second-order valence-corrected chi connectivity index (χ2v) is 9.38. The zero-order chi connectivity index (χ0) is 22.1. The highest BCUT2D eigenvalue weighted by Crippen LogP contribution is 2.37. The molecular formula is C24H22BrN3O2S. The van der Waals surface area contributed by atoms with Gasteiger partial charge in [-0.1, -0.05) is 53.2 Å². The molecule has 4 rings (SSSR count). The lowest BCUT2D eigenvalue weighted by molar-refractivity contribution is -0.118. The maximum absolute atomic E-state index is 13.5. The Bertz CT molecular complexity index is 1330. The summed E-state index contributed by atoms with van der Waals surface area (Å²) in [5.74, 6) is -0.256. The first-order valence-electron chi connectivity index (χ1n) is 10.1. The average Bonchev–Trinajstić information content (AvgIpc) is 3.15. The molecule has 0 saturated heterocycles. The van der Waals surface area contributed by atoms with Crippen LogP contribution in [0.4, 0.5) is 5.69 Å². The first-order chi connectivity index (χ1) is 14.9. The van der Waals surface area contributed by atoms with E-state index in [4.69, 9.17) is 0 Å². The number of aryl methyl sites for hydroxylation is 2. The summed E-state index contributed by atoms with van der Waals surface area (Å²) in [6, 6.07) is 14.8. The minimum absolute atomic E-state index is 0.202. The molecule has 2 heterocycles. The first-order valence-corrected chi connectivity index (χ1v) is 11.7. The van der Waals surface area contributed by atoms with E-state index in [-0.39, 0.29) is 11.5 Å². The fourth-order valence-electron chi connectivity index (χ4n) is 3.57. The van der Waals surface area contributed by atoms with Crippen molar-refractivity contribution in [3.8, 4) is 11.1 Å². The number of nitrogens with zero attached hydrogens (tertiary/aromatic N) is 2. The van der Waals surface area contributed by atoms with E-state index in [0.29, 0.717) is 10.2 Å². The van der Waals surface area contributed by atoms with Gasteiger partial charge in [-0.3, -0.25) is 14.2 Å². The van der Waals surface area contributed by atoms with Gasteiger partial charge in [0.15, 0.2) is 0 Å². The number of para-hydroxylation sites is 1. The van der Waals surface area contributed by atoms with Crippen LogP contribution in [0.2, 0.25) is 0 Å². The van der Waals surface area contributed by atoms with E-state index < -0.39 is 6.04 Å². The Balaban J connectivity index is 1.79. The van der Waals surface area contributed by atoms with Crippen LogP contribution in [0.15, 0.2) is 64.1 Å². The van der Waals surface area contributed by atoms with Gasteiger partial charge >= 0.3 is 0 Å². The molecule has 1 atom stereocenters. The van der Waals surface area contributed by atoms with Crippen molar-refractivity contribution in [2.24, 2.45) is 0 Å². The fraction of sp³-hybridized carbons (Fsp3) is 0.208. The lowest BCUT2D eigenvalue weighted by atomic mass is 10.0. The van der Waals surface area contributed by atoms with Gasteiger partial charge < -0.3 is 5.32 Å². The van der Waals surface area contributed by atoms with Crippen LogP contribution in [0.5, 0.6) is 0 Å². The molecule has 0 aliphatic heterocycles. The summed E-state index contributed by atoms with van der Waals surface area (Å²) in [4.78, 5) is 32.8. The molecule has 1 unspecified atom stereocenters. The van der Waals surface area contributed by atoms with Crippen molar-refractivity contribution in [1.82, 2.24) is 9.55 Å². The maximum Gasteiger partial charge on any atom is 0.263 e. The summed E-state index contributed by atoms with van der Waals surface area (Å²) in [6.45, 7) is 5.72. The van der Waals surface area contributed by atoms with Gasteiger partial charge in [0.05, 0.1) is 11.7 Å². The normalized spacial score (nSPS) is 12.1. The van der Waals surface area contributed by atoms with Crippen molar-refractivity contribution in [1.29, 1.82) is 0 Å². The number of hydrogen-bond acceptors (Lipinski definition) is 4. The molecule has 0 bridgehead atoms. The molecule has 31 heavy (non-hydrogen) atoms. The van der Waals surface area contributed by atoms with Crippen LogP contribution in [0.25, 0.3) is 21.3 Å². The standard InChI is InChI=1S/C24H22BrN3O2S/c1-4-19-20(16-9-11-17(25)12-10-16)21-23(31-19)26-13-28(24(21)30)15(3)22(29)27-18-8-6-5-7-14(18)2/h5-13,15H,4H2,1-3H3,(H,27,29). The number of anilines is 1. The number of fused-ring (bicyclic) bond motifs is 1. The number of amides is 1. The topological polar surface area (TPSA) is 64.0 Å². The molecule has 4 aromatic rings. The quantitative estimate of drug-likeness (QED) is 0.371. The molecule has 5 nitrogen and oxygen atoms in total. The van der Waals surface area contributed by atoms with Crippen molar-refractivity contribution in [2.75, 3.05) is 5.32 Å². The zero-order valence-corrected chi connectivity index (χ0v) is 19.9. The van der Waals surface area contributed by atoms with Gasteiger partial charge in [0.25, 0.3) is 5.56 Å². The minimum atomic E-state index is -0.702. The minimum Gasteiger partial charge on any atom is -0.324 e. The van der Waals surface area contributed by atoms with Crippen LogP contribution in [-0.2, 0) is 11.2 Å². The van der Waals surface area contributed by atoms with E-state index in [1.165, 1.54) is 22.2 Å².